The molecule has 0 atom stereocenters. The van der Waals surface area contributed by atoms with E-state index in [2.05, 4.69) is 121 Å². The van der Waals surface area contributed by atoms with Gasteiger partial charge in [-0.15, -0.1) is 0 Å². The maximum Gasteiger partial charge on any atom is 0.136 e. The van der Waals surface area contributed by atoms with Crippen LogP contribution in [0.5, 0.6) is 0 Å². The molecule has 0 radical (unpaired) electrons. The van der Waals surface area contributed by atoms with E-state index < -0.39 is 17.5 Å². The monoisotopic (exact) mass is 862 g/mol. The molecule has 0 N–H and O–H groups in total. The Labute approximate surface area is 381 Å². The summed E-state index contributed by atoms with van der Waals surface area (Å²) in [6.07, 6.45) is 3.66. The van der Waals surface area contributed by atoms with Crippen LogP contribution in [-0.4, -0.2) is 9.97 Å². The van der Waals surface area contributed by atoms with Crippen molar-refractivity contribution in [2.75, 3.05) is 0 Å². The van der Waals surface area contributed by atoms with Gasteiger partial charge in [-0.05, 0) is 169 Å². The average Bonchev–Trinajstić information content (AvgIpc) is 3.87. The van der Waals surface area contributed by atoms with Crippen LogP contribution in [0.25, 0.3) is 142 Å². The number of nitrogens with zero attached hydrogens (tertiary/aromatic N) is 2. The summed E-state index contributed by atoms with van der Waals surface area (Å²) >= 11 is 0. The van der Waals surface area contributed by atoms with Crippen LogP contribution in [-0.2, 0) is 0 Å². The van der Waals surface area contributed by atoms with E-state index in [4.69, 9.17) is 9.97 Å². The van der Waals surface area contributed by atoms with Crippen LogP contribution in [0, 0.1) is 17.5 Å². The molecule has 0 fully saturated rings. The normalized spacial score (nSPS) is 12.1. The summed E-state index contributed by atoms with van der Waals surface area (Å²) in [5.41, 5.74) is 8.24. The predicted octanol–water partition coefficient (Wildman–Crippen LogP) is 17.3. The Kier molecular flexibility index (Phi) is 7.97. The van der Waals surface area contributed by atoms with Crippen LogP contribution in [0.3, 0.4) is 0 Å². The third-order valence-corrected chi connectivity index (χ3v) is 14.0. The summed E-state index contributed by atoms with van der Waals surface area (Å²) in [7, 11) is 0. The lowest BCUT2D eigenvalue weighted by Crippen LogP contribution is -1.93. The van der Waals surface area contributed by atoms with Crippen LogP contribution in [0.1, 0.15) is 0 Å². The predicted molar refractivity (Wildman–Crippen MR) is 272 cm³/mol. The standard InChI is InChI=1S/C62H33F3N2/c63-40-31-51(64)56(52(65)32-40)39-24-23-34-29-49-59-44(47(34)30-39)18-10-20-46(59)61-55(37-13-7-11-35(27-37)53-21-3-5-25-66-53)50-33-48-42-16-2-1-15-41(42)43-17-9-19-45(58(43)48)60(50)57(62(49)61)38-14-8-12-36(28-38)54-22-4-6-26-67-54/h1-33H. The van der Waals surface area contributed by atoms with Crippen LogP contribution >= 0.6 is 0 Å². The molecule has 0 unspecified atom stereocenters. The lowest BCUT2D eigenvalue weighted by molar-refractivity contribution is 0.548. The Balaban J connectivity index is 1.22. The van der Waals surface area contributed by atoms with E-state index >= 15 is 8.78 Å². The van der Waals surface area contributed by atoms with Gasteiger partial charge in [0.15, 0.2) is 0 Å². The van der Waals surface area contributed by atoms with E-state index in [1.54, 1.807) is 6.07 Å². The van der Waals surface area contributed by atoms with Crippen LogP contribution in [0.15, 0.2) is 200 Å². The molecule has 0 saturated carbocycles. The minimum atomic E-state index is -0.954. The summed E-state index contributed by atoms with van der Waals surface area (Å²) < 4.78 is 45.0. The molecular formula is C62H33F3N2. The van der Waals surface area contributed by atoms with Crippen molar-refractivity contribution in [3.05, 3.63) is 218 Å². The minimum Gasteiger partial charge on any atom is -0.256 e. The first kappa shape index (κ1) is 37.7. The van der Waals surface area contributed by atoms with Gasteiger partial charge in [0.2, 0.25) is 0 Å². The quantitative estimate of drug-likeness (QED) is 0.161. The van der Waals surface area contributed by atoms with Crippen molar-refractivity contribution < 1.29 is 13.2 Å². The molecule has 0 saturated heterocycles. The molecular weight excluding hydrogens is 830 g/mol. The first-order valence-corrected chi connectivity index (χ1v) is 22.4. The Morgan fingerprint density at radius 3 is 1.43 bits per heavy atom. The molecule has 14 aromatic rings. The largest absolute Gasteiger partial charge is 0.256 e. The fraction of sp³-hybridized carbons (Fsp3) is 0. The molecule has 0 aliphatic heterocycles. The highest BCUT2D eigenvalue weighted by Crippen LogP contribution is 2.56. The number of pyridine rings is 2. The van der Waals surface area contributed by atoms with E-state index in [0.717, 1.165) is 111 Å². The van der Waals surface area contributed by atoms with Gasteiger partial charge in [-0.2, -0.15) is 0 Å². The molecule has 0 bridgehead atoms. The lowest BCUT2D eigenvalue weighted by atomic mass is 9.83. The SMILES string of the molecule is Fc1cc(F)c(-c2ccc3cc4c5c(-c6cccc(-c7ccccn7)c6)c6c(cc7c8ccccc8c8cccc6c87)c(-c6cccc(-c7ccccn7)c6)c5c5cccc(c3c2)c54)c(F)c1. The molecule has 0 spiro atoms. The van der Waals surface area contributed by atoms with Gasteiger partial charge in [0, 0.05) is 35.7 Å². The summed E-state index contributed by atoms with van der Waals surface area (Å²) in [6, 6.07) is 63.0. The van der Waals surface area contributed by atoms with Crippen LogP contribution in [0.4, 0.5) is 13.2 Å². The Hall–Kier alpha value is -8.67. The molecule has 2 nitrogen and oxygen atoms in total. The summed E-state index contributed by atoms with van der Waals surface area (Å²) in [5, 5.41) is 17.7. The average molecular weight is 863 g/mol. The smallest absolute Gasteiger partial charge is 0.136 e. The summed E-state index contributed by atoms with van der Waals surface area (Å²) in [5.74, 6) is -2.84. The van der Waals surface area contributed by atoms with Gasteiger partial charge >= 0.3 is 0 Å². The molecule has 14 rings (SSSR count). The maximum absolute atomic E-state index is 15.4. The molecule has 12 aromatic carbocycles. The molecule has 0 aliphatic carbocycles. The summed E-state index contributed by atoms with van der Waals surface area (Å²) in [6.45, 7) is 0. The zero-order chi connectivity index (χ0) is 44.5. The van der Waals surface area contributed by atoms with E-state index in [-0.39, 0.29) is 5.56 Å². The van der Waals surface area contributed by atoms with Crippen molar-refractivity contribution in [1.82, 2.24) is 9.97 Å². The second-order valence-electron chi connectivity index (χ2n) is 17.5. The van der Waals surface area contributed by atoms with Gasteiger partial charge in [-0.3, -0.25) is 9.97 Å². The molecule has 312 valence electrons. The molecule has 0 aliphatic rings. The zero-order valence-electron chi connectivity index (χ0n) is 35.6. The first-order chi connectivity index (χ1) is 33.0. The lowest BCUT2D eigenvalue weighted by Gasteiger charge is -2.20. The van der Waals surface area contributed by atoms with E-state index in [1.807, 2.05) is 60.9 Å². The van der Waals surface area contributed by atoms with Crippen LogP contribution < -0.4 is 0 Å². The zero-order valence-corrected chi connectivity index (χ0v) is 35.6. The number of rotatable bonds is 5. The Bertz CT molecular complexity index is 4330. The Morgan fingerprint density at radius 1 is 0.269 bits per heavy atom. The van der Waals surface area contributed by atoms with Crippen molar-refractivity contribution in [2.45, 2.75) is 0 Å². The minimum absolute atomic E-state index is 0.253. The van der Waals surface area contributed by atoms with Crippen LogP contribution in [0.2, 0.25) is 0 Å². The first-order valence-electron chi connectivity index (χ1n) is 22.4. The number of fused-ring (bicyclic) bond motifs is 10. The van der Waals surface area contributed by atoms with Gasteiger partial charge in [0.25, 0.3) is 0 Å². The van der Waals surface area contributed by atoms with Crippen molar-refractivity contribution in [2.24, 2.45) is 0 Å². The Morgan fingerprint density at radius 2 is 0.776 bits per heavy atom. The highest BCUT2D eigenvalue weighted by atomic mass is 19.1. The third-order valence-electron chi connectivity index (χ3n) is 14.0. The second-order valence-corrected chi connectivity index (χ2v) is 17.5. The third kappa shape index (κ3) is 5.46. The van der Waals surface area contributed by atoms with Gasteiger partial charge in [-0.25, -0.2) is 13.2 Å². The molecule has 0 amide bonds. The maximum atomic E-state index is 15.4. The van der Waals surface area contributed by atoms with E-state index in [9.17, 15) is 4.39 Å². The highest BCUT2D eigenvalue weighted by Gasteiger charge is 2.28. The second kappa shape index (κ2) is 14.2. The van der Waals surface area contributed by atoms with Crippen molar-refractivity contribution >= 4 is 86.2 Å². The van der Waals surface area contributed by atoms with Gasteiger partial charge in [0.05, 0.1) is 17.0 Å². The number of halogens is 3. The molecule has 2 aromatic heterocycles. The van der Waals surface area contributed by atoms with E-state index in [1.165, 1.54) is 32.3 Å². The topological polar surface area (TPSA) is 25.8 Å². The van der Waals surface area contributed by atoms with Gasteiger partial charge in [0.1, 0.15) is 17.5 Å². The van der Waals surface area contributed by atoms with Gasteiger partial charge < -0.3 is 0 Å². The van der Waals surface area contributed by atoms with E-state index in [0.29, 0.717) is 5.56 Å². The summed E-state index contributed by atoms with van der Waals surface area (Å²) in [4.78, 5) is 9.56. The molecule has 5 heteroatoms. The van der Waals surface area contributed by atoms with Crippen molar-refractivity contribution in [3.63, 3.8) is 0 Å². The van der Waals surface area contributed by atoms with Crippen molar-refractivity contribution in [3.8, 4) is 55.9 Å². The highest BCUT2D eigenvalue weighted by molar-refractivity contribution is 6.46. The number of aromatic nitrogens is 2. The number of hydrogen-bond acceptors (Lipinski definition) is 2. The number of hydrogen-bond donors (Lipinski definition) is 0. The number of benzene rings is 10. The fourth-order valence-corrected chi connectivity index (χ4v) is 11.3. The molecule has 67 heavy (non-hydrogen) atoms. The van der Waals surface area contributed by atoms with Gasteiger partial charge in [-0.1, -0.05) is 121 Å². The van der Waals surface area contributed by atoms with Crippen molar-refractivity contribution in [1.29, 1.82) is 0 Å². The molecule has 2 heterocycles. The fourth-order valence-electron chi connectivity index (χ4n) is 11.3.